The lowest BCUT2D eigenvalue weighted by atomic mass is 10.1. The third-order valence-electron chi connectivity index (χ3n) is 4.05. The lowest BCUT2D eigenvalue weighted by Crippen LogP contribution is -2.48. The van der Waals surface area contributed by atoms with Gasteiger partial charge in [-0.3, -0.25) is 9.20 Å². The molecule has 1 aromatic heterocycles. The molecule has 0 bridgehead atoms. The molecule has 0 fully saturated rings. The second kappa shape index (κ2) is 8.09. The van der Waals surface area contributed by atoms with Crippen LogP contribution in [0.2, 0.25) is 0 Å². The van der Waals surface area contributed by atoms with Crippen molar-refractivity contribution in [3.8, 4) is 0 Å². The number of hydrogen-bond acceptors (Lipinski definition) is 4. The molecule has 0 aromatic carbocycles. The normalized spacial score (nSPS) is 19.7. The van der Waals surface area contributed by atoms with Gasteiger partial charge in [0.05, 0.1) is 6.54 Å². The molecule has 7 nitrogen and oxygen atoms in total. The zero-order valence-electron chi connectivity index (χ0n) is 15.4. The van der Waals surface area contributed by atoms with E-state index in [4.69, 9.17) is 0 Å². The van der Waals surface area contributed by atoms with Gasteiger partial charge in [-0.05, 0) is 27.2 Å². The third kappa shape index (κ3) is 5.03. The minimum Gasteiger partial charge on any atom is -0.355 e. The zero-order valence-corrected chi connectivity index (χ0v) is 16.2. The number of aryl methyl sites for hydroxylation is 2. The Labute approximate surface area is 147 Å². The molecule has 0 saturated heterocycles. The molecule has 0 radical (unpaired) electrons. The van der Waals surface area contributed by atoms with Gasteiger partial charge in [0.25, 0.3) is 0 Å². The predicted molar refractivity (Wildman–Crippen MR) is 98.8 cm³/mol. The SMILES string of the molecule is CCc1nc2n(n1)CC(NC(=NC)NCCS(=O)C(C)(C)C)CC2. The molecule has 8 heteroatoms. The molecule has 1 aliphatic heterocycles. The monoisotopic (exact) mass is 354 g/mol. The summed E-state index contributed by atoms with van der Waals surface area (Å²) in [7, 11) is 0.901. The fraction of sp³-hybridized carbons (Fsp3) is 0.812. The highest BCUT2D eigenvalue weighted by Gasteiger charge is 2.22. The molecule has 2 rings (SSSR count). The predicted octanol–water partition coefficient (Wildman–Crippen LogP) is 0.868. The minimum atomic E-state index is -0.858. The average Bonchev–Trinajstić information content (AvgIpc) is 2.95. The number of nitrogens with one attached hydrogen (secondary N) is 2. The molecule has 2 atom stereocenters. The second-order valence-electron chi connectivity index (χ2n) is 7.02. The minimum absolute atomic E-state index is 0.178. The van der Waals surface area contributed by atoms with Crippen LogP contribution >= 0.6 is 0 Å². The summed E-state index contributed by atoms with van der Waals surface area (Å²) >= 11 is 0. The average molecular weight is 355 g/mol. The maximum Gasteiger partial charge on any atom is 0.191 e. The Bertz CT molecular complexity index is 604. The largest absolute Gasteiger partial charge is 0.355 e. The van der Waals surface area contributed by atoms with Crippen molar-refractivity contribution in [2.75, 3.05) is 19.3 Å². The lowest BCUT2D eigenvalue weighted by molar-refractivity contribution is 0.392. The highest BCUT2D eigenvalue weighted by atomic mass is 32.2. The van der Waals surface area contributed by atoms with Gasteiger partial charge in [0.15, 0.2) is 11.8 Å². The van der Waals surface area contributed by atoms with Gasteiger partial charge in [-0.25, -0.2) is 9.67 Å². The van der Waals surface area contributed by atoms with Crippen molar-refractivity contribution in [3.63, 3.8) is 0 Å². The molecule has 2 heterocycles. The van der Waals surface area contributed by atoms with Crippen LogP contribution in [0.25, 0.3) is 0 Å². The molecular formula is C16H30N6OS. The lowest BCUT2D eigenvalue weighted by Gasteiger charge is -2.25. The van der Waals surface area contributed by atoms with E-state index in [9.17, 15) is 4.21 Å². The van der Waals surface area contributed by atoms with Crippen LogP contribution in [0.5, 0.6) is 0 Å². The topological polar surface area (TPSA) is 84.2 Å². The van der Waals surface area contributed by atoms with Gasteiger partial charge >= 0.3 is 0 Å². The van der Waals surface area contributed by atoms with Crippen LogP contribution in [0.4, 0.5) is 0 Å². The first-order valence-electron chi connectivity index (χ1n) is 8.61. The maximum atomic E-state index is 12.1. The first-order chi connectivity index (χ1) is 11.3. The Kier molecular flexibility index (Phi) is 6.37. The van der Waals surface area contributed by atoms with E-state index in [0.29, 0.717) is 12.3 Å². The van der Waals surface area contributed by atoms with E-state index in [1.807, 2.05) is 25.5 Å². The summed E-state index contributed by atoms with van der Waals surface area (Å²) in [4.78, 5) is 8.81. The summed E-state index contributed by atoms with van der Waals surface area (Å²) in [6.07, 6.45) is 2.80. The van der Waals surface area contributed by atoms with Crippen molar-refractivity contribution < 1.29 is 4.21 Å². The molecule has 0 aliphatic carbocycles. The van der Waals surface area contributed by atoms with E-state index in [1.165, 1.54) is 0 Å². The third-order valence-corrected chi connectivity index (χ3v) is 5.99. The van der Waals surface area contributed by atoms with Crippen LogP contribution in [0.1, 0.15) is 45.8 Å². The zero-order chi connectivity index (χ0) is 17.7. The van der Waals surface area contributed by atoms with E-state index in [-0.39, 0.29) is 10.8 Å². The number of aromatic nitrogens is 3. The van der Waals surface area contributed by atoms with Crippen molar-refractivity contribution >= 4 is 16.8 Å². The number of hydrogen-bond donors (Lipinski definition) is 2. The molecular weight excluding hydrogens is 324 g/mol. The van der Waals surface area contributed by atoms with Crippen LogP contribution in [-0.2, 0) is 30.2 Å². The van der Waals surface area contributed by atoms with Gasteiger partial charge in [0.1, 0.15) is 5.82 Å². The molecule has 0 saturated carbocycles. The summed E-state index contributed by atoms with van der Waals surface area (Å²) in [5, 5.41) is 11.2. The molecule has 2 unspecified atom stereocenters. The van der Waals surface area contributed by atoms with Gasteiger partial charge in [-0.2, -0.15) is 5.10 Å². The van der Waals surface area contributed by atoms with Crippen molar-refractivity contribution in [1.29, 1.82) is 0 Å². The Morgan fingerprint density at radius 3 is 2.83 bits per heavy atom. The highest BCUT2D eigenvalue weighted by Crippen LogP contribution is 2.13. The van der Waals surface area contributed by atoms with Crippen LogP contribution in [0, 0.1) is 0 Å². The Balaban J connectivity index is 1.82. The second-order valence-corrected chi connectivity index (χ2v) is 9.34. The first kappa shape index (κ1) is 18.9. The van der Waals surface area contributed by atoms with Gasteiger partial charge < -0.3 is 10.6 Å². The molecule has 1 aromatic rings. The Hall–Kier alpha value is -1.44. The Morgan fingerprint density at radius 2 is 2.21 bits per heavy atom. The number of rotatable bonds is 5. The number of fused-ring (bicyclic) bond motifs is 1. The van der Waals surface area contributed by atoms with Crippen LogP contribution in [-0.4, -0.2) is 55.1 Å². The van der Waals surface area contributed by atoms with Crippen LogP contribution < -0.4 is 10.6 Å². The van der Waals surface area contributed by atoms with Gasteiger partial charge in [0.2, 0.25) is 0 Å². The highest BCUT2D eigenvalue weighted by molar-refractivity contribution is 7.86. The van der Waals surface area contributed by atoms with E-state index in [0.717, 1.165) is 43.4 Å². The summed E-state index contributed by atoms with van der Waals surface area (Å²) in [5.74, 6) is 3.36. The fourth-order valence-electron chi connectivity index (χ4n) is 2.58. The number of aliphatic imine (C=N–C) groups is 1. The van der Waals surface area contributed by atoms with E-state index in [2.05, 4.69) is 32.6 Å². The van der Waals surface area contributed by atoms with Crippen molar-refractivity contribution in [2.24, 2.45) is 4.99 Å². The van der Waals surface area contributed by atoms with Gasteiger partial charge in [0, 0.05) is 53.8 Å². The summed E-state index contributed by atoms with van der Waals surface area (Å²) < 4.78 is 13.9. The molecule has 0 spiro atoms. The quantitative estimate of drug-likeness (QED) is 0.605. The standard InChI is InChI=1S/C16H30N6OS/c1-6-13-20-14-8-7-12(11-22(14)21-13)19-15(17-5)18-9-10-24(23)16(2,3)4/h12H,6-11H2,1-5H3,(H2,17,18,19). The van der Waals surface area contributed by atoms with Gasteiger partial charge in [-0.1, -0.05) is 6.92 Å². The molecule has 2 N–H and O–H groups in total. The molecule has 24 heavy (non-hydrogen) atoms. The molecule has 136 valence electrons. The summed E-state index contributed by atoms with van der Waals surface area (Å²) in [6.45, 7) is 9.52. The van der Waals surface area contributed by atoms with Crippen molar-refractivity contribution in [3.05, 3.63) is 11.6 Å². The Morgan fingerprint density at radius 1 is 1.46 bits per heavy atom. The molecule has 1 aliphatic rings. The number of guanidine groups is 1. The van der Waals surface area contributed by atoms with Crippen LogP contribution in [0.15, 0.2) is 4.99 Å². The first-order valence-corrected chi connectivity index (χ1v) is 9.93. The maximum absolute atomic E-state index is 12.1. The van der Waals surface area contributed by atoms with Crippen LogP contribution in [0.3, 0.4) is 0 Å². The van der Waals surface area contributed by atoms with E-state index >= 15 is 0 Å². The van der Waals surface area contributed by atoms with Gasteiger partial charge in [-0.15, -0.1) is 0 Å². The summed E-state index contributed by atoms with van der Waals surface area (Å²) in [6, 6.07) is 0.281. The van der Waals surface area contributed by atoms with E-state index < -0.39 is 10.8 Å². The smallest absolute Gasteiger partial charge is 0.191 e. The molecule has 0 amide bonds. The fourth-order valence-corrected chi connectivity index (χ4v) is 3.48. The van der Waals surface area contributed by atoms with Crippen molar-refractivity contribution in [2.45, 2.75) is 64.3 Å². The summed E-state index contributed by atoms with van der Waals surface area (Å²) in [5.41, 5.74) is 0. The van der Waals surface area contributed by atoms with E-state index in [1.54, 1.807) is 7.05 Å². The number of nitrogens with zero attached hydrogens (tertiary/aromatic N) is 4. The van der Waals surface area contributed by atoms with Crippen molar-refractivity contribution in [1.82, 2.24) is 25.4 Å².